The largest absolute Gasteiger partial charge is 0.396 e. The van der Waals surface area contributed by atoms with Crippen molar-refractivity contribution in [3.8, 4) is 0 Å². The Morgan fingerprint density at radius 1 is 1.40 bits per heavy atom. The van der Waals surface area contributed by atoms with Crippen LogP contribution in [0.4, 0.5) is 0 Å². The summed E-state index contributed by atoms with van der Waals surface area (Å²) in [5.74, 6) is 1.42. The molecular weight excluding hydrogens is 188 g/mol. The fourth-order valence-electron chi connectivity index (χ4n) is 2.76. The standard InChI is InChI=1S/C12H26N2O/c1-10-4-5-11(2)12(8-10,9-13)14-6-3-7-15/h10-11,14-15H,3-9,13H2,1-2H3. The molecule has 0 aliphatic heterocycles. The van der Waals surface area contributed by atoms with Crippen LogP contribution < -0.4 is 11.1 Å². The lowest BCUT2D eigenvalue weighted by Crippen LogP contribution is -2.58. The van der Waals surface area contributed by atoms with Crippen LogP contribution in [-0.4, -0.2) is 30.3 Å². The van der Waals surface area contributed by atoms with Crippen LogP contribution in [0.2, 0.25) is 0 Å². The van der Waals surface area contributed by atoms with Gasteiger partial charge in [0.25, 0.3) is 0 Å². The van der Waals surface area contributed by atoms with Crippen molar-refractivity contribution in [1.29, 1.82) is 0 Å². The Hall–Kier alpha value is -0.120. The van der Waals surface area contributed by atoms with Gasteiger partial charge in [0.1, 0.15) is 0 Å². The van der Waals surface area contributed by atoms with E-state index in [1.54, 1.807) is 0 Å². The van der Waals surface area contributed by atoms with Gasteiger partial charge in [0.15, 0.2) is 0 Å². The highest BCUT2D eigenvalue weighted by molar-refractivity contribution is 4.97. The summed E-state index contributed by atoms with van der Waals surface area (Å²) in [5, 5.41) is 12.4. The van der Waals surface area contributed by atoms with Gasteiger partial charge in [-0.3, -0.25) is 0 Å². The molecule has 0 saturated heterocycles. The summed E-state index contributed by atoms with van der Waals surface area (Å²) in [6.07, 6.45) is 4.59. The number of hydrogen-bond donors (Lipinski definition) is 3. The zero-order valence-electron chi connectivity index (χ0n) is 10.1. The molecule has 0 bridgehead atoms. The van der Waals surface area contributed by atoms with Crippen molar-refractivity contribution in [3.05, 3.63) is 0 Å². The van der Waals surface area contributed by atoms with E-state index in [4.69, 9.17) is 10.8 Å². The highest BCUT2D eigenvalue weighted by Crippen LogP contribution is 2.36. The average Bonchev–Trinajstić information content (AvgIpc) is 2.23. The summed E-state index contributed by atoms with van der Waals surface area (Å²) in [6.45, 7) is 6.46. The average molecular weight is 214 g/mol. The van der Waals surface area contributed by atoms with Crippen LogP contribution in [0.3, 0.4) is 0 Å². The number of hydrogen-bond acceptors (Lipinski definition) is 3. The molecule has 1 saturated carbocycles. The molecule has 90 valence electrons. The first-order valence-corrected chi connectivity index (χ1v) is 6.20. The summed E-state index contributed by atoms with van der Waals surface area (Å²) in [7, 11) is 0. The molecule has 3 nitrogen and oxygen atoms in total. The van der Waals surface area contributed by atoms with Gasteiger partial charge in [0.05, 0.1) is 0 Å². The maximum Gasteiger partial charge on any atom is 0.0443 e. The van der Waals surface area contributed by atoms with Gasteiger partial charge in [0.2, 0.25) is 0 Å². The van der Waals surface area contributed by atoms with Crippen molar-refractivity contribution in [1.82, 2.24) is 5.32 Å². The molecule has 3 unspecified atom stereocenters. The lowest BCUT2D eigenvalue weighted by molar-refractivity contribution is 0.124. The van der Waals surface area contributed by atoms with Gasteiger partial charge >= 0.3 is 0 Å². The van der Waals surface area contributed by atoms with Crippen LogP contribution in [0.15, 0.2) is 0 Å². The minimum Gasteiger partial charge on any atom is -0.396 e. The van der Waals surface area contributed by atoms with Crippen molar-refractivity contribution < 1.29 is 5.11 Å². The first-order chi connectivity index (χ1) is 7.14. The van der Waals surface area contributed by atoms with Crippen LogP contribution >= 0.6 is 0 Å². The third kappa shape index (κ3) is 3.16. The second-order valence-electron chi connectivity index (χ2n) is 5.15. The summed E-state index contributed by atoms with van der Waals surface area (Å²) in [5.41, 5.74) is 6.07. The van der Waals surface area contributed by atoms with E-state index in [9.17, 15) is 0 Å². The van der Waals surface area contributed by atoms with E-state index in [0.717, 1.165) is 18.9 Å². The molecular formula is C12H26N2O. The molecule has 0 heterocycles. The smallest absolute Gasteiger partial charge is 0.0443 e. The second-order valence-corrected chi connectivity index (χ2v) is 5.15. The number of rotatable bonds is 5. The number of aliphatic hydroxyl groups excluding tert-OH is 1. The Morgan fingerprint density at radius 2 is 2.13 bits per heavy atom. The zero-order valence-corrected chi connectivity index (χ0v) is 10.1. The minimum atomic E-state index is 0.118. The normalized spacial score (nSPS) is 36.8. The van der Waals surface area contributed by atoms with Crippen LogP contribution in [0.5, 0.6) is 0 Å². The Morgan fingerprint density at radius 3 is 2.73 bits per heavy atom. The fraction of sp³-hybridized carbons (Fsp3) is 1.00. The van der Waals surface area contributed by atoms with E-state index in [-0.39, 0.29) is 12.1 Å². The fourth-order valence-corrected chi connectivity index (χ4v) is 2.76. The lowest BCUT2D eigenvalue weighted by Gasteiger charge is -2.45. The summed E-state index contributed by atoms with van der Waals surface area (Å²) in [6, 6.07) is 0. The highest BCUT2D eigenvalue weighted by atomic mass is 16.3. The molecule has 0 aromatic carbocycles. The third-order valence-electron chi connectivity index (χ3n) is 3.92. The zero-order chi connectivity index (χ0) is 11.3. The van der Waals surface area contributed by atoms with Crippen molar-refractivity contribution >= 4 is 0 Å². The van der Waals surface area contributed by atoms with Crippen molar-refractivity contribution in [2.75, 3.05) is 19.7 Å². The topological polar surface area (TPSA) is 58.3 Å². The number of nitrogens with one attached hydrogen (secondary N) is 1. The predicted octanol–water partition coefficient (Wildman–Crippen LogP) is 1.11. The van der Waals surface area contributed by atoms with Crippen LogP contribution in [0.1, 0.15) is 39.5 Å². The molecule has 0 aromatic rings. The minimum absolute atomic E-state index is 0.118. The van der Waals surface area contributed by atoms with E-state index in [2.05, 4.69) is 19.2 Å². The van der Waals surface area contributed by atoms with E-state index in [1.165, 1.54) is 19.3 Å². The quantitative estimate of drug-likeness (QED) is 0.601. The van der Waals surface area contributed by atoms with E-state index < -0.39 is 0 Å². The molecule has 1 rings (SSSR count). The number of aliphatic hydroxyl groups is 1. The van der Waals surface area contributed by atoms with Crippen LogP contribution in [0.25, 0.3) is 0 Å². The third-order valence-corrected chi connectivity index (χ3v) is 3.92. The highest BCUT2D eigenvalue weighted by Gasteiger charge is 2.38. The Balaban J connectivity index is 2.54. The molecule has 15 heavy (non-hydrogen) atoms. The Kier molecular flexibility index (Phi) is 5.03. The molecule has 0 spiro atoms. The SMILES string of the molecule is CC1CCC(C)C(CN)(NCCCO)C1. The molecule has 1 fully saturated rings. The maximum absolute atomic E-state index is 8.80. The molecule has 0 aromatic heterocycles. The molecule has 3 heteroatoms. The number of nitrogens with two attached hydrogens (primary N) is 1. The summed E-state index contributed by atoms with van der Waals surface area (Å²) < 4.78 is 0. The van der Waals surface area contributed by atoms with Gasteiger partial charge in [-0.15, -0.1) is 0 Å². The Labute approximate surface area is 93.4 Å². The molecule has 0 radical (unpaired) electrons. The molecule has 1 aliphatic rings. The predicted molar refractivity (Wildman–Crippen MR) is 63.7 cm³/mol. The van der Waals surface area contributed by atoms with E-state index in [1.807, 2.05) is 0 Å². The van der Waals surface area contributed by atoms with Gasteiger partial charge in [-0.1, -0.05) is 20.3 Å². The van der Waals surface area contributed by atoms with Gasteiger partial charge in [-0.25, -0.2) is 0 Å². The molecule has 3 atom stereocenters. The lowest BCUT2D eigenvalue weighted by atomic mass is 9.69. The van der Waals surface area contributed by atoms with Gasteiger partial charge in [-0.2, -0.15) is 0 Å². The molecule has 1 aliphatic carbocycles. The molecule has 4 N–H and O–H groups in total. The van der Waals surface area contributed by atoms with Crippen molar-refractivity contribution in [2.45, 2.75) is 45.1 Å². The first-order valence-electron chi connectivity index (χ1n) is 6.20. The van der Waals surface area contributed by atoms with Gasteiger partial charge < -0.3 is 16.2 Å². The van der Waals surface area contributed by atoms with Crippen molar-refractivity contribution in [2.24, 2.45) is 17.6 Å². The molecule has 0 amide bonds. The van der Waals surface area contributed by atoms with Gasteiger partial charge in [0, 0.05) is 18.7 Å². The first kappa shape index (κ1) is 12.9. The van der Waals surface area contributed by atoms with Gasteiger partial charge in [-0.05, 0) is 37.6 Å². The maximum atomic E-state index is 8.80. The second kappa shape index (κ2) is 5.83. The summed E-state index contributed by atoms with van der Waals surface area (Å²) >= 11 is 0. The summed E-state index contributed by atoms with van der Waals surface area (Å²) in [4.78, 5) is 0. The van der Waals surface area contributed by atoms with Crippen LogP contribution in [0, 0.1) is 11.8 Å². The van der Waals surface area contributed by atoms with Crippen LogP contribution in [-0.2, 0) is 0 Å². The van der Waals surface area contributed by atoms with E-state index >= 15 is 0 Å². The Bertz CT molecular complexity index is 186. The monoisotopic (exact) mass is 214 g/mol. The van der Waals surface area contributed by atoms with Crippen molar-refractivity contribution in [3.63, 3.8) is 0 Å². The van der Waals surface area contributed by atoms with E-state index in [0.29, 0.717) is 12.5 Å².